The van der Waals surface area contributed by atoms with Crippen molar-refractivity contribution in [3.05, 3.63) is 45.7 Å². The fourth-order valence-corrected chi connectivity index (χ4v) is 2.17. The van der Waals surface area contributed by atoms with E-state index in [1.807, 2.05) is 19.3 Å². The van der Waals surface area contributed by atoms with Gasteiger partial charge in [-0.25, -0.2) is 0 Å². The van der Waals surface area contributed by atoms with E-state index in [2.05, 4.69) is 10.3 Å². The van der Waals surface area contributed by atoms with Crippen LogP contribution in [0.25, 0.3) is 0 Å². The molecule has 0 spiro atoms. The lowest BCUT2D eigenvalue weighted by atomic mass is 10.0. The minimum Gasteiger partial charge on any atom is -0.324 e. The summed E-state index contributed by atoms with van der Waals surface area (Å²) < 4.78 is 1.64. The van der Waals surface area contributed by atoms with E-state index in [0.717, 1.165) is 11.3 Å². The number of hydrogen-bond acceptors (Lipinski definition) is 3. The third-order valence-corrected chi connectivity index (χ3v) is 3.00. The number of nitrogens with two attached hydrogens (primary N) is 1. The summed E-state index contributed by atoms with van der Waals surface area (Å²) in [6, 6.07) is 5.09. The molecule has 0 radical (unpaired) electrons. The van der Waals surface area contributed by atoms with Crippen LogP contribution in [0.2, 0.25) is 10.0 Å². The van der Waals surface area contributed by atoms with E-state index in [-0.39, 0.29) is 6.04 Å². The van der Waals surface area contributed by atoms with E-state index in [9.17, 15) is 0 Å². The van der Waals surface area contributed by atoms with Gasteiger partial charge in [-0.15, -0.1) is 5.10 Å². The molecule has 0 saturated heterocycles. The second-order valence-electron chi connectivity index (χ2n) is 3.86. The van der Waals surface area contributed by atoms with Gasteiger partial charge in [-0.2, -0.15) is 0 Å². The average molecular weight is 271 g/mol. The Hall–Kier alpha value is -1.10. The van der Waals surface area contributed by atoms with E-state index in [0.29, 0.717) is 16.5 Å². The van der Waals surface area contributed by atoms with Gasteiger partial charge in [-0.3, -0.25) is 4.68 Å². The van der Waals surface area contributed by atoms with Gasteiger partial charge >= 0.3 is 0 Å². The molecular formula is C11H12Cl2N4. The molecule has 0 aliphatic carbocycles. The van der Waals surface area contributed by atoms with E-state index in [1.54, 1.807) is 16.8 Å². The lowest BCUT2D eigenvalue weighted by molar-refractivity contribution is 0.694. The molecule has 0 aliphatic rings. The Balaban J connectivity index is 2.17. The second-order valence-corrected chi connectivity index (χ2v) is 4.70. The van der Waals surface area contributed by atoms with Crippen LogP contribution in [0.3, 0.4) is 0 Å². The maximum atomic E-state index is 6.09. The number of benzene rings is 1. The van der Waals surface area contributed by atoms with Gasteiger partial charge < -0.3 is 5.73 Å². The highest BCUT2D eigenvalue weighted by Gasteiger charge is 2.13. The van der Waals surface area contributed by atoms with Crippen molar-refractivity contribution in [2.45, 2.75) is 12.5 Å². The highest BCUT2D eigenvalue weighted by molar-refractivity contribution is 6.35. The summed E-state index contributed by atoms with van der Waals surface area (Å²) in [6.07, 6.45) is 2.43. The molecule has 0 fully saturated rings. The topological polar surface area (TPSA) is 56.7 Å². The number of rotatable bonds is 3. The average Bonchev–Trinajstić information content (AvgIpc) is 2.63. The molecule has 1 unspecified atom stereocenters. The van der Waals surface area contributed by atoms with Gasteiger partial charge in [0.15, 0.2) is 0 Å². The van der Waals surface area contributed by atoms with Gasteiger partial charge in [0.05, 0.1) is 5.69 Å². The first-order valence-corrected chi connectivity index (χ1v) is 5.87. The summed E-state index contributed by atoms with van der Waals surface area (Å²) in [5.74, 6) is 0. The van der Waals surface area contributed by atoms with Crippen molar-refractivity contribution >= 4 is 23.2 Å². The normalized spacial score (nSPS) is 12.7. The number of hydrogen-bond donors (Lipinski definition) is 1. The second kappa shape index (κ2) is 5.04. The van der Waals surface area contributed by atoms with Crippen LogP contribution in [0.5, 0.6) is 0 Å². The SMILES string of the molecule is Cn1cc(CC(N)c2ccc(Cl)cc2Cl)nn1. The number of halogens is 2. The molecular weight excluding hydrogens is 259 g/mol. The first-order valence-electron chi connectivity index (χ1n) is 5.12. The molecule has 2 rings (SSSR count). The number of nitrogens with zero attached hydrogens (tertiary/aromatic N) is 3. The van der Waals surface area contributed by atoms with Crippen LogP contribution in [0.1, 0.15) is 17.3 Å². The third kappa shape index (κ3) is 2.97. The molecule has 1 aromatic heterocycles. The molecule has 0 aliphatic heterocycles. The van der Waals surface area contributed by atoms with Crippen LogP contribution in [-0.2, 0) is 13.5 Å². The fourth-order valence-electron chi connectivity index (χ4n) is 1.63. The predicted molar refractivity (Wildman–Crippen MR) is 68.1 cm³/mol. The largest absolute Gasteiger partial charge is 0.324 e. The highest BCUT2D eigenvalue weighted by atomic mass is 35.5. The standard InChI is InChI=1S/C11H12Cl2N4/c1-17-6-8(15-16-17)5-11(14)9-3-2-7(12)4-10(9)13/h2-4,6,11H,5,14H2,1H3. The summed E-state index contributed by atoms with van der Waals surface area (Å²) >= 11 is 11.9. The molecule has 0 bridgehead atoms. The van der Waals surface area contributed by atoms with Gasteiger partial charge in [-0.05, 0) is 17.7 Å². The first-order chi connectivity index (χ1) is 8.06. The quantitative estimate of drug-likeness (QED) is 0.932. The molecule has 1 heterocycles. The summed E-state index contributed by atoms with van der Waals surface area (Å²) in [5.41, 5.74) is 7.78. The van der Waals surface area contributed by atoms with Gasteiger partial charge in [0.2, 0.25) is 0 Å². The molecule has 1 atom stereocenters. The van der Waals surface area contributed by atoms with Crippen molar-refractivity contribution in [3.63, 3.8) is 0 Å². The van der Waals surface area contributed by atoms with Crippen LogP contribution in [0.4, 0.5) is 0 Å². The van der Waals surface area contributed by atoms with Gasteiger partial charge in [0, 0.05) is 35.8 Å². The van der Waals surface area contributed by atoms with Crippen LogP contribution in [0, 0.1) is 0 Å². The van der Waals surface area contributed by atoms with Crippen LogP contribution >= 0.6 is 23.2 Å². The van der Waals surface area contributed by atoms with Gasteiger partial charge in [-0.1, -0.05) is 34.5 Å². The van der Waals surface area contributed by atoms with E-state index in [1.165, 1.54) is 0 Å². The molecule has 17 heavy (non-hydrogen) atoms. The minimum absolute atomic E-state index is 0.212. The first kappa shape index (κ1) is 12.4. The van der Waals surface area contributed by atoms with Crippen molar-refractivity contribution in [1.29, 1.82) is 0 Å². The van der Waals surface area contributed by atoms with Gasteiger partial charge in [0.25, 0.3) is 0 Å². The van der Waals surface area contributed by atoms with Crippen molar-refractivity contribution in [2.75, 3.05) is 0 Å². The number of aromatic nitrogens is 3. The molecule has 1 aromatic carbocycles. The zero-order chi connectivity index (χ0) is 12.4. The number of aryl methyl sites for hydroxylation is 1. The summed E-state index contributed by atoms with van der Waals surface area (Å²) in [7, 11) is 1.82. The van der Waals surface area contributed by atoms with Crippen molar-refractivity contribution in [3.8, 4) is 0 Å². The zero-order valence-corrected chi connectivity index (χ0v) is 10.8. The Kier molecular flexibility index (Phi) is 3.66. The molecule has 6 heteroatoms. The van der Waals surface area contributed by atoms with E-state index < -0.39 is 0 Å². The molecule has 2 N–H and O–H groups in total. The lowest BCUT2D eigenvalue weighted by Crippen LogP contribution is -2.14. The smallest absolute Gasteiger partial charge is 0.0845 e. The summed E-state index contributed by atoms with van der Waals surface area (Å²) in [4.78, 5) is 0. The van der Waals surface area contributed by atoms with Gasteiger partial charge in [0.1, 0.15) is 0 Å². The predicted octanol–water partition coefficient (Wildman–Crippen LogP) is 2.36. The fraction of sp³-hybridized carbons (Fsp3) is 0.273. The van der Waals surface area contributed by atoms with Crippen LogP contribution < -0.4 is 5.73 Å². The Morgan fingerprint density at radius 3 is 2.76 bits per heavy atom. The highest BCUT2D eigenvalue weighted by Crippen LogP contribution is 2.26. The van der Waals surface area contributed by atoms with Crippen molar-refractivity contribution in [1.82, 2.24) is 15.0 Å². The van der Waals surface area contributed by atoms with E-state index >= 15 is 0 Å². The van der Waals surface area contributed by atoms with Crippen molar-refractivity contribution < 1.29 is 0 Å². The Bertz CT molecular complexity index is 524. The molecule has 2 aromatic rings. The molecule has 4 nitrogen and oxygen atoms in total. The molecule has 0 saturated carbocycles. The third-order valence-electron chi connectivity index (χ3n) is 2.44. The minimum atomic E-state index is -0.212. The van der Waals surface area contributed by atoms with Crippen LogP contribution in [-0.4, -0.2) is 15.0 Å². The zero-order valence-electron chi connectivity index (χ0n) is 9.27. The Morgan fingerprint density at radius 1 is 1.41 bits per heavy atom. The van der Waals surface area contributed by atoms with Crippen molar-refractivity contribution in [2.24, 2.45) is 12.8 Å². The maximum Gasteiger partial charge on any atom is 0.0845 e. The molecule has 90 valence electrons. The Morgan fingerprint density at radius 2 is 2.18 bits per heavy atom. The van der Waals surface area contributed by atoms with E-state index in [4.69, 9.17) is 28.9 Å². The maximum absolute atomic E-state index is 6.09. The Labute approximate surface area is 109 Å². The molecule has 0 amide bonds. The summed E-state index contributed by atoms with van der Waals surface area (Å²) in [5, 5.41) is 9.03. The lowest BCUT2D eigenvalue weighted by Gasteiger charge is -2.12. The summed E-state index contributed by atoms with van der Waals surface area (Å²) in [6.45, 7) is 0. The van der Waals surface area contributed by atoms with Crippen LogP contribution in [0.15, 0.2) is 24.4 Å². The monoisotopic (exact) mass is 270 g/mol.